The van der Waals surface area contributed by atoms with Crippen LogP contribution < -0.4 is 10.1 Å². The summed E-state index contributed by atoms with van der Waals surface area (Å²) in [6.45, 7) is 4.11. The third-order valence-electron chi connectivity index (χ3n) is 5.00. The van der Waals surface area contributed by atoms with Crippen molar-refractivity contribution in [2.45, 2.75) is 19.4 Å². The predicted octanol–water partition coefficient (Wildman–Crippen LogP) is 3.93. The van der Waals surface area contributed by atoms with Crippen molar-refractivity contribution in [2.75, 3.05) is 26.0 Å². The van der Waals surface area contributed by atoms with Gasteiger partial charge in [0, 0.05) is 18.8 Å². The van der Waals surface area contributed by atoms with Gasteiger partial charge in [-0.1, -0.05) is 18.2 Å². The summed E-state index contributed by atoms with van der Waals surface area (Å²) in [5.41, 5.74) is -0.133. The number of methoxy groups -OCH3 is 1. The van der Waals surface area contributed by atoms with Gasteiger partial charge in [-0.25, -0.2) is 14.6 Å². The number of hydrogen-bond donors (Lipinski definition) is 2. The van der Waals surface area contributed by atoms with Crippen LogP contribution in [0.25, 0.3) is 10.2 Å². The molecule has 0 spiro atoms. The molecule has 10 heteroatoms. The van der Waals surface area contributed by atoms with Gasteiger partial charge in [0.1, 0.15) is 26.9 Å². The fourth-order valence-corrected chi connectivity index (χ4v) is 4.26. The van der Waals surface area contributed by atoms with Crippen LogP contribution in [0.1, 0.15) is 29.1 Å². The zero-order valence-electron chi connectivity index (χ0n) is 17.6. The number of fused-ring (bicyclic) bond motifs is 1. The number of benzene rings is 1. The first kappa shape index (κ1) is 20.7. The second-order valence-corrected chi connectivity index (χ2v) is 8.53. The number of H-pyrrole nitrogens is 1. The molecular weight excluding hydrogens is 418 g/mol. The Hall–Kier alpha value is -3.53. The SMILES string of the molecule is COc1ccccc1C(C)(C)OC(=O)c1cc2c(NC(=O)N3CC=CN3C)[nH]nc2s1. The van der Waals surface area contributed by atoms with E-state index in [-0.39, 0.29) is 6.03 Å². The third kappa shape index (κ3) is 3.93. The van der Waals surface area contributed by atoms with Crippen molar-refractivity contribution in [3.05, 3.63) is 53.0 Å². The highest BCUT2D eigenvalue weighted by Crippen LogP contribution is 2.35. The van der Waals surface area contributed by atoms with Crippen LogP contribution in [-0.2, 0) is 10.3 Å². The number of carbonyl (C=O) groups is 2. The number of carbonyl (C=O) groups excluding carboxylic acids is 2. The molecule has 0 saturated carbocycles. The Morgan fingerprint density at radius 3 is 2.77 bits per heavy atom. The van der Waals surface area contributed by atoms with Gasteiger partial charge in [0.2, 0.25) is 0 Å². The minimum atomic E-state index is -0.901. The van der Waals surface area contributed by atoms with E-state index in [1.807, 2.05) is 50.4 Å². The minimum Gasteiger partial charge on any atom is -0.496 e. The average Bonchev–Trinajstić information content (AvgIpc) is 3.44. The van der Waals surface area contributed by atoms with Crippen molar-refractivity contribution in [1.82, 2.24) is 20.2 Å². The summed E-state index contributed by atoms with van der Waals surface area (Å²) in [4.78, 5) is 26.4. The van der Waals surface area contributed by atoms with Crippen LogP contribution in [0.4, 0.5) is 10.6 Å². The first-order valence-electron chi connectivity index (χ1n) is 9.63. The van der Waals surface area contributed by atoms with Crippen LogP contribution in [-0.4, -0.2) is 52.9 Å². The normalized spacial score (nSPS) is 13.7. The van der Waals surface area contributed by atoms with E-state index in [9.17, 15) is 9.59 Å². The summed E-state index contributed by atoms with van der Waals surface area (Å²) in [5, 5.41) is 13.7. The van der Waals surface area contributed by atoms with E-state index >= 15 is 0 Å². The fraction of sp³-hybridized carbons (Fsp3) is 0.286. The lowest BCUT2D eigenvalue weighted by atomic mass is 9.97. The number of hydrazine groups is 1. The number of amides is 2. The van der Waals surface area contributed by atoms with Gasteiger partial charge in [0.25, 0.3) is 0 Å². The highest BCUT2D eigenvalue weighted by molar-refractivity contribution is 7.20. The van der Waals surface area contributed by atoms with E-state index in [0.29, 0.717) is 33.2 Å². The lowest BCUT2D eigenvalue weighted by molar-refractivity contribution is -0.00342. The smallest absolute Gasteiger partial charge is 0.349 e. The van der Waals surface area contributed by atoms with Gasteiger partial charge >= 0.3 is 12.0 Å². The Bertz CT molecular complexity index is 1170. The van der Waals surface area contributed by atoms with E-state index in [4.69, 9.17) is 9.47 Å². The number of ether oxygens (including phenoxy) is 2. The standard InChI is InChI=1S/C21H23N5O4S/c1-21(2,14-8-5-6-9-15(14)29-4)30-19(27)16-12-13-17(23-24-18(13)31-16)22-20(28)26-11-7-10-25(26)3/h5-10,12H,11H2,1-4H3,(H2,22,23,24,28). The van der Waals surface area contributed by atoms with Gasteiger partial charge in [-0.3, -0.25) is 15.4 Å². The molecular formula is C21H23N5O4S. The lowest BCUT2D eigenvalue weighted by Gasteiger charge is -2.27. The van der Waals surface area contributed by atoms with E-state index in [2.05, 4.69) is 15.5 Å². The highest BCUT2D eigenvalue weighted by atomic mass is 32.1. The number of esters is 1. The first-order valence-corrected chi connectivity index (χ1v) is 10.4. The van der Waals surface area contributed by atoms with Crippen LogP contribution in [0.15, 0.2) is 42.6 Å². The molecule has 0 aliphatic carbocycles. The lowest BCUT2D eigenvalue weighted by Crippen LogP contribution is -2.40. The summed E-state index contributed by atoms with van der Waals surface area (Å²) < 4.78 is 11.2. The predicted molar refractivity (Wildman–Crippen MR) is 118 cm³/mol. The number of para-hydroxylation sites is 1. The van der Waals surface area contributed by atoms with Crippen molar-refractivity contribution >= 4 is 39.4 Å². The minimum absolute atomic E-state index is 0.300. The summed E-state index contributed by atoms with van der Waals surface area (Å²) in [6.07, 6.45) is 3.69. The number of rotatable bonds is 5. The molecule has 4 rings (SSSR count). The molecule has 9 nitrogen and oxygen atoms in total. The maximum Gasteiger partial charge on any atom is 0.349 e. The van der Waals surface area contributed by atoms with E-state index < -0.39 is 11.6 Å². The van der Waals surface area contributed by atoms with Crippen LogP contribution >= 0.6 is 11.3 Å². The van der Waals surface area contributed by atoms with Crippen LogP contribution in [0.5, 0.6) is 5.75 Å². The largest absolute Gasteiger partial charge is 0.496 e. The molecule has 1 aliphatic rings. The first-order chi connectivity index (χ1) is 14.8. The number of urea groups is 1. The molecule has 3 heterocycles. The molecule has 0 radical (unpaired) electrons. The topological polar surface area (TPSA) is 99.8 Å². The number of aromatic nitrogens is 2. The number of nitrogens with zero attached hydrogens (tertiary/aromatic N) is 3. The Morgan fingerprint density at radius 1 is 1.29 bits per heavy atom. The molecule has 2 amide bonds. The van der Waals surface area contributed by atoms with Crippen molar-refractivity contribution in [1.29, 1.82) is 0 Å². The number of aromatic amines is 1. The number of anilines is 1. The Kier molecular flexibility index (Phi) is 5.32. The van der Waals surface area contributed by atoms with Gasteiger partial charge in [-0.05, 0) is 32.1 Å². The molecule has 31 heavy (non-hydrogen) atoms. The quantitative estimate of drug-likeness (QED) is 0.582. The highest BCUT2D eigenvalue weighted by Gasteiger charge is 2.30. The zero-order chi connectivity index (χ0) is 22.2. The van der Waals surface area contributed by atoms with Gasteiger partial charge < -0.3 is 9.47 Å². The second-order valence-electron chi connectivity index (χ2n) is 7.50. The molecule has 2 N–H and O–H groups in total. The number of hydrogen-bond acceptors (Lipinski definition) is 7. The van der Waals surface area contributed by atoms with E-state index in [0.717, 1.165) is 5.56 Å². The Balaban J connectivity index is 1.52. The molecule has 162 valence electrons. The third-order valence-corrected chi connectivity index (χ3v) is 6.01. The molecule has 0 saturated heterocycles. The molecule has 2 aromatic heterocycles. The monoisotopic (exact) mass is 441 g/mol. The summed E-state index contributed by atoms with van der Waals surface area (Å²) in [6, 6.07) is 8.80. The van der Waals surface area contributed by atoms with Crippen molar-refractivity contribution in [3.63, 3.8) is 0 Å². The van der Waals surface area contributed by atoms with Crippen molar-refractivity contribution in [2.24, 2.45) is 0 Å². The second kappa shape index (κ2) is 7.95. The number of nitrogens with one attached hydrogen (secondary N) is 2. The Morgan fingerprint density at radius 2 is 2.06 bits per heavy atom. The van der Waals surface area contributed by atoms with Gasteiger partial charge in [0.05, 0.1) is 19.0 Å². The van der Waals surface area contributed by atoms with Crippen molar-refractivity contribution in [3.8, 4) is 5.75 Å². The van der Waals surface area contributed by atoms with Crippen LogP contribution in [0, 0.1) is 0 Å². The average molecular weight is 442 g/mol. The van der Waals surface area contributed by atoms with Crippen LogP contribution in [0.3, 0.4) is 0 Å². The van der Waals surface area contributed by atoms with Gasteiger partial charge in [0.15, 0.2) is 0 Å². The summed E-state index contributed by atoms with van der Waals surface area (Å²) >= 11 is 1.20. The summed E-state index contributed by atoms with van der Waals surface area (Å²) in [7, 11) is 3.37. The molecule has 0 atom stereocenters. The molecule has 1 aliphatic heterocycles. The fourth-order valence-electron chi connectivity index (χ4n) is 3.39. The zero-order valence-corrected chi connectivity index (χ0v) is 18.4. The molecule has 0 bridgehead atoms. The van der Waals surface area contributed by atoms with Crippen LogP contribution in [0.2, 0.25) is 0 Å². The number of thiophene rings is 1. The van der Waals surface area contributed by atoms with E-state index in [1.54, 1.807) is 25.2 Å². The molecule has 1 aromatic carbocycles. The molecule has 0 unspecified atom stereocenters. The van der Waals surface area contributed by atoms with Crippen molar-refractivity contribution < 1.29 is 19.1 Å². The summed E-state index contributed by atoms with van der Waals surface area (Å²) in [5.74, 6) is 0.604. The maximum atomic E-state index is 12.9. The Labute approximate surface area is 183 Å². The molecule has 3 aromatic rings. The van der Waals surface area contributed by atoms with E-state index in [1.165, 1.54) is 16.3 Å². The maximum absolute atomic E-state index is 12.9. The molecule has 0 fully saturated rings. The van der Waals surface area contributed by atoms with Gasteiger partial charge in [-0.2, -0.15) is 5.10 Å². The van der Waals surface area contributed by atoms with Gasteiger partial charge in [-0.15, -0.1) is 11.3 Å².